The molecule has 5 heteroatoms. The van der Waals surface area contributed by atoms with Crippen molar-refractivity contribution in [1.29, 1.82) is 0 Å². The largest absolute Gasteiger partial charge is 0.388 e. The van der Waals surface area contributed by atoms with Crippen molar-refractivity contribution < 1.29 is 9.90 Å². The highest BCUT2D eigenvalue weighted by Gasteiger charge is 2.24. The van der Waals surface area contributed by atoms with Gasteiger partial charge in [0.1, 0.15) is 0 Å². The molecule has 1 fully saturated rings. The lowest BCUT2D eigenvalue weighted by atomic mass is 9.90. The Morgan fingerprint density at radius 3 is 2.74 bits per heavy atom. The zero-order valence-corrected chi connectivity index (χ0v) is 14.2. The van der Waals surface area contributed by atoms with Crippen molar-refractivity contribution in [2.75, 3.05) is 20.6 Å². The average molecular weight is 319 g/mol. The Kier molecular flexibility index (Phi) is 6.86. The third-order valence-corrected chi connectivity index (χ3v) is 4.60. The van der Waals surface area contributed by atoms with Crippen molar-refractivity contribution in [3.05, 3.63) is 35.9 Å². The summed E-state index contributed by atoms with van der Waals surface area (Å²) in [5.41, 5.74) is 0.885. The molecule has 2 rings (SSSR count). The molecule has 0 bridgehead atoms. The second kappa shape index (κ2) is 8.89. The van der Waals surface area contributed by atoms with Crippen LogP contribution < -0.4 is 10.6 Å². The maximum Gasteiger partial charge on any atom is 0.315 e. The Bertz CT molecular complexity index is 478. The molecule has 0 heterocycles. The number of urea groups is 1. The van der Waals surface area contributed by atoms with Gasteiger partial charge in [-0.1, -0.05) is 30.3 Å². The zero-order chi connectivity index (χ0) is 16.7. The number of rotatable bonds is 6. The molecule has 3 unspecified atom stereocenters. The summed E-state index contributed by atoms with van der Waals surface area (Å²) in [5, 5.41) is 16.0. The van der Waals surface area contributed by atoms with E-state index >= 15 is 0 Å². The molecule has 1 aliphatic carbocycles. The van der Waals surface area contributed by atoms with E-state index in [2.05, 4.69) is 29.6 Å². The van der Waals surface area contributed by atoms with E-state index in [-0.39, 0.29) is 12.1 Å². The molecule has 0 aromatic heterocycles. The summed E-state index contributed by atoms with van der Waals surface area (Å²) in [4.78, 5) is 14.2. The SMILES string of the molecule is CN(C)C1CCCC(NC(=O)NCCC(O)c2ccccc2)C1. The van der Waals surface area contributed by atoms with Gasteiger partial charge in [-0.15, -0.1) is 0 Å². The first-order valence-corrected chi connectivity index (χ1v) is 8.50. The number of aliphatic hydroxyl groups excluding tert-OH is 1. The van der Waals surface area contributed by atoms with Crippen LogP contribution in [0.25, 0.3) is 0 Å². The van der Waals surface area contributed by atoms with Crippen molar-refractivity contribution in [3.63, 3.8) is 0 Å². The average Bonchev–Trinajstić information content (AvgIpc) is 2.55. The third-order valence-electron chi connectivity index (χ3n) is 4.60. The molecule has 1 aliphatic rings. The lowest BCUT2D eigenvalue weighted by Crippen LogP contribution is -2.47. The number of nitrogens with one attached hydrogen (secondary N) is 2. The normalized spacial score (nSPS) is 22.6. The maximum absolute atomic E-state index is 12.0. The molecule has 0 aliphatic heterocycles. The van der Waals surface area contributed by atoms with Crippen LogP contribution in [0.3, 0.4) is 0 Å². The molecule has 1 saturated carbocycles. The standard InChI is InChI=1S/C18H29N3O2/c1-21(2)16-10-6-9-15(13-16)20-18(23)19-12-11-17(22)14-7-4-3-5-8-14/h3-5,7-8,15-17,22H,6,9-13H2,1-2H3,(H2,19,20,23). The van der Waals surface area contributed by atoms with Crippen LogP contribution in [0.1, 0.15) is 43.8 Å². The third kappa shape index (κ3) is 5.84. The molecule has 0 saturated heterocycles. The van der Waals surface area contributed by atoms with Crippen LogP contribution in [-0.2, 0) is 0 Å². The van der Waals surface area contributed by atoms with Gasteiger partial charge in [-0.3, -0.25) is 0 Å². The summed E-state index contributed by atoms with van der Waals surface area (Å²) in [6.07, 6.45) is 4.39. The molecule has 5 nitrogen and oxygen atoms in total. The first kappa shape index (κ1) is 17.8. The van der Waals surface area contributed by atoms with E-state index in [0.717, 1.165) is 24.8 Å². The molecule has 2 amide bonds. The van der Waals surface area contributed by atoms with Crippen LogP contribution in [0.4, 0.5) is 4.79 Å². The van der Waals surface area contributed by atoms with Crippen LogP contribution in [-0.4, -0.2) is 48.8 Å². The number of aliphatic hydroxyl groups is 1. The van der Waals surface area contributed by atoms with Crippen LogP contribution in [0.2, 0.25) is 0 Å². The van der Waals surface area contributed by atoms with Crippen LogP contribution >= 0.6 is 0 Å². The van der Waals surface area contributed by atoms with Crippen molar-refractivity contribution in [3.8, 4) is 0 Å². The van der Waals surface area contributed by atoms with Gasteiger partial charge in [0.25, 0.3) is 0 Å². The van der Waals surface area contributed by atoms with Gasteiger partial charge >= 0.3 is 6.03 Å². The summed E-state index contributed by atoms with van der Waals surface area (Å²) >= 11 is 0. The summed E-state index contributed by atoms with van der Waals surface area (Å²) in [5.74, 6) is 0. The molecule has 128 valence electrons. The Hall–Kier alpha value is -1.59. The van der Waals surface area contributed by atoms with Gasteiger partial charge in [-0.2, -0.15) is 0 Å². The first-order chi connectivity index (χ1) is 11.1. The van der Waals surface area contributed by atoms with Crippen LogP contribution in [0.15, 0.2) is 30.3 Å². The molecular weight excluding hydrogens is 290 g/mol. The Balaban J connectivity index is 1.67. The monoisotopic (exact) mass is 319 g/mol. The van der Waals surface area contributed by atoms with E-state index in [1.54, 1.807) is 0 Å². The topological polar surface area (TPSA) is 64.6 Å². The first-order valence-electron chi connectivity index (χ1n) is 8.50. The summed E-state index contributed by atoms with van der Waals surface area (Å²) in [7, 11) is 4.19. The Morgan fingerprint density at radius 1 is 1.30 bits per heavy atom. The second-order valence-electron chi connectivity index (χ2n) is 6.60. The summed E-state index contributed by atoms with van der Waals surface area (Å²) in [6, 6.07) is 10.2. The highest BCUT2D eigenvalue weighted by molar-refractivity contribution is 5.74. The molecule has 0 spiro atoms. The van der Waals surface area contributed by atoms with Gasteiger partial charge < -0.3 is 20.6 Å². The predicted molar refractivity (Wildman–Crippen MR) is 92.3 cm³/mol. The van der Waals surface area contributed by atoms with Gasteiger partial charge in [-0.05, 0) is 51.8 Å². The highest BCUT2D eigenvalue weighted by Crippen LogP contribution is 2.21. The second-order valence-corrected chi connectivity index (χ2v) is 6.60. The number of benzene rings is 1. The molecule has 1 aromatic carbocycles. The fourth-order valence-electron chi connectivity index (χ4n) is 3.16. The summed E-state index contributed by atoms with van der Waals surface area (Å²) in [6.45, 7) is 0.464. The van der Waals surface area contributed by atoms with Crippen molar-refractivity contribution in [2.45, 2.75) is 50.3 Å². The van der Waals surface area contributed by atoms with Gasteiger partial charge in [0.15, 0.2) is 0 Å². The molecular formula is C18H29N3O2. The molecule has 1 aromatic rings. The van der Waals surface area contributed by atoms with Gasteiger partial charge in [0, 0.05) is 18.6 Å². The van der Waals surface area contributed by atoms with E-state index < -0.39 is 6.10 Å². The number of amides is 2. The van der Waals surface area contributed by atoms with Gasteiger partial charge in [0.2, 0.25) is 0 Å². The molecule has 23 heavy (non-hydrogen) atoms. The van der Waals surface area contributed by atoms with E-state index in [4.69, 9.17) is 0 Å². The quantitative estimate of drug-likeness (QED) is 0.754. The van der Waals surface area contributed by atoms with Gasteiger partial charge in [-0.25, -0.2) is 4.79 Å². The van der Waals surface area contributed by atoms with Crippen molar-refractivity contribution >= 4 is 6.03 Å². The summed E-state index contributed by atoms with van der Waals surface area (Å²) < 4.78 is 0. The van der Waals surface area contributed by atoms with Gasteiger partial charge in [0.05, 0.1) is 6.10 Å². The number of hydrogen-bond acceptors (Lipinski definition) is 3. The Morgan fingerprint density at radius 2 is 2.04 bits per heavy atom. The lowest BCUT2D eigenvalue weighted by Gasteiger charge is -2.33. The number of carbonyl (C=O) groups is 1. The molecule has 0 radical (unpaired) electrons. The highest BCUT2D eigenvalue weighted by atomic mass is 16.3. The minimum absolute atomic E-state index is 0.130. The number of carbonyl (C=O) groups excluding carboxylic acids is 1. The minimum Gasteiger partial charge on any atom is -0.388 e. The van der Waals surface area contributed by atoms with Crippen molar-refractivity contribution in [1.82, 2.24) is 15.5 Å². The fourth-order valence-corrected chi connectivity index (χ4v) is 3.16. The van der Waals surface area contributed by atoms with Crippen LogP contribution in [0, 0.1) is 0 Å². The number of nitrogens with zero attached hydrogens (tertiary/aromatic N) is 1. The van der Waals surface area contributed by atoms with E-state index in [9.17, 15) is 9.90 Å². The van der Waals surface area contributed by atoms with Crippen molar-refractivity contribution in [2.24, 2.45) is 0 Å². The number of hydrogen-bond donors (Lipinski definition) is 3. The fraction of sp³-hybridized carbons (Fsp3) is 0.611. The van der Waals surface area contributed by atoms with E-state index in [0.29, 0.717) is 19.0 Å². The van der Waals surface area contributed by atoms with E-state index in [1.165, 1.54) is 6.42 Å². The zero-order valence-electron chi connectivity index (χ0n) is 14.2. The predicted octanol–water partition coefficient (Wildman–Crippen LogP) is 2.28. The molecule has 3 N–H and O–H groups in total. The smallest absolute Gasteiger partial charge is 0.315 e. The van der Waals surface area contributed by atoms with Crippen LogP contribution in [0.5, 0.6) is 0 Å². The van der Waals surface area contributed by atoms with E-state index in [1.807, 2.05) is 30.3 Å². The molecule has 3 atom stereocenters. The maximum atomic E-state index is 12.0. The lowest BCUT2D eigenvalue weighted by molar-refractivity contribution is 0.165. The minimum atomic E-state index is -0.538. The Labute approximate surface area is 139 Å².